The molecule has 0 aliphatic carbocycles. The van der Waals surface area contributed by atoms with Crippen molar-refractivity contribution in [3.63, 3.8) is 0 Å². The number of rotatable bonds is 5. The minimum Gasteiger partial charge on any atom is -0.493 e. The summed E-state index contributed by atoms with van der Waals surface area (Å²) in [6.45, 7) is 9.05. The maximum absolute atomic E-state index is 6.41. The van der Waals surface area contributed by atoms with Gasteiger partial charge in [-0.25, -0.2) is 0 Å². The highest BCUT2D eigenvalue weighted by molar-refractivity contribution is 5.36. The maximum Gasteiger partial charge on any atom is 0.122 e. The molecule has 4 nitrogen and oxygen atoms in total. The van der Waals surface area contributed by atoms with Crippen LogP contribution in [0.3, 0.4) is 0 Å². The Morgan fingerprint density at radius 1 is 0.676 bits per heavy atom. The quantitative estimate of drug-likeness (QED) is 0.580. The van der Waals surface area contributed by atoms with Crippen LogP contribution in [0.1, 0.15) is 55.2 Å². The summed E-state index contributed by atoms with van der Waals surface area (Å²) < 4.78 is 12.6. The van der Waals surface area contributed by atoms with E-state index >= 15 is 0 Å². The predicted octanol–water partition coefficient (Wildman–Crippen LogP) is 5.09. The van der Waals surface area contributed by atoms with Gasteiger partial charge in [0.25, 0.3) is 0 Å². The van der Waals surface area contributed by atoms with Gasteiger partial charge in [0, 0.05) is 24.9 Å². The number of unbranched alkanes of at least 4 members (excludes halogenated alkanes) is 1. The summed E-state index contributed by atoms with van der Waals surface area (Å²) in [5.41, 5.74) is 4.77. The Hall–Kier alpha value is -1.88. The monoisotopic (exact) mass is 460 g/mol. The molecule has 34 heavy (non-hydrogen) atoms. The van der Waals surface area contributed by atoms with Crippen LogP contribution >= 0.6 is 0 Å². The molecule has 2 saturated heterocycles. The van der Waals surface area contributed by atoms with Gasteiger partial charge in [-0.15, -0.1) is 0 Å². The van der Waals surface area contributed by atoms with Crippen LogP contribution in [-0.4, -0.2) is 61.3 Å². The molecule has 0 atom stereocenters. The fourth-order valence-corrected chi connectivity index (χ4v) is 6.72. The van der Waals surface area contributed by atoms with Gasteiger partial charge >= 0.3 is 0 Å². The van der Waals surface area contributed by atoms with Crippen molar-refractivity contribution in [2.75, 3.05) is 45.9 Å². The molecule has 0 bridgehead atoms. The summed E-state index contributed by atoms with van der Waals surface area (Å²) in [7, 11) is 0. The highest BCUT2D eigenvalue weighted by Crippen LogP contribution is 2.41. The molecule has 182 valence electrons. The minimum atomic E-state index is 0.0952. The zero-order valence-electron chi connectivity index (χ0n) is 20.6. The molecule has 4 heteroatoms. The van der Waals surface area contributed by atoms with Crippen molar-refractivity contribution in [1.82, 2.24) is 9.80 Å². The van der Waals surface area contributed by atoms with Crippen LogP contribution in [0, 0.1) is 5.41 Å². The average molecular weight is 461 g/mol. The lowest BCUT2D eigenvalue weighted by Crippen LogP contribution is -2.49. The lowest BCUT2D eigenvalue weighted by molar-refractivity contribution is -0.102. The SMILES string of the molecule is c1ccc2c(c1)COC1(CCN(CCCCN3CCC4(CC3)COc3ccccc3C4)CC1)C2. The normalized spacial score (nSPS) is 23.9. The summed E-state index contributed by atoms with van der Waals surface area (Å²) >= 11 is 0. The smallest absolute Gasteiger partial charge is 0.122 e. The number of para-hydroxylation sites is 1. The number of benzene rings is 2. The van der Waals surface area contributed by atoms with Gasteiger partial charge in [-0.1, -0.05) is 42.5 Å². The van der Waals surface area contributed by atoms with Crippen LogP contribution in [0.5, 0.6) is 5.75 Å². The summed E-state index contributed by atoms with van der Waals surface area (Å²) in [5, 5.41) is 0. The van der Waals surface area contributed by atoms with Crippen molar-refractivity contribution in [2.24, 2.45) is 5.41 Å². The standard InChI is InChI=1S/C30H40N2O2/c1-2-9-27-23-34-30(22-25(27)7-1)13-19-32(20-14-30)16-6-5-15-31-17-11-29(12-18-31)21-26-8-3-4-10-28(26)33-24-29/h1-4,7-10H,5-6,11-24H2. The number of fused-ring (bicyclic) bond motifs is 2. The van der Waals surface area contributed by atoms with Gasteiger partial charge < -0.3 is 19.3 Å². The third-order valence-corrected chi connectivity index (χ3v) is 9.12. The first-order valence-corrected chi connectivity index (χ1v) is 13.6. The van der Waals surface area contributed by atoms with Gasteiger partial charge in [-0.05, 0) is 93.9 Å². The fourth-order valence-electron chi connectivity index (χ4n) is 6.72. The van der Waals surface area contributed by atoms with Crippen LogP contribution in [0.4, 0.5) is 0 Å². The number of hydrogen-bond acceptors (Lipinski definition) is 4. The lowest BCUT2D eigenvalue weighted by Gasteiger charge is -2.45. The number of nitrogens with zero attached hydrogens (tertiary/aromatic N) is 2. The summed E-state index contributed by atoms with van der Waals surface area (Å²) in [4.78, 5) is 5.38. The van der Waals surface area contributed by atoms with E-state index in [1.165, 1.54) is 101 Å². The van der Waals surface area contributed by atoms with Crippen molar-refractivity contribution in [3.05, 3.63) is 65.2 Å². The van der Waals surface area contributed by atoms with E-state index in [1.807, 2.05) is 0 Å². The second-order valence-corrected chi connectivity index (χ2v) is 11.4. The summed E-state index contributed by atoms with van der Waals surface area (Å²) in [5.74, 6) is 1.11. The molecule has 6 rings (SSSR count). The molecule has 2 aromatic rings. The van der Waals surface area contributed by atoms with E-state index < -0.39 is 0 Å². The average Bonchev–Trinajstić information content (AvgIpc) is 2.89. The first-order valence-electron chi connectivity index (χ1n) is 13.6. The maximum atomic E-state index is 6.41. The molecule has 0 aromatic heterocycles. The zero-order chi connectivity index (χ0) is 22.8. The van der Waals surface area contributed by atoms with Gasteiger partial charge in [0.05, 0.1) is 18.8 Å². The Labute approximate surface area is 205 Å². The highest BCUT2D eigenvalue weighted by atomic mass is 16.5. The first-order chi connectivity index (χ1) is 16.7. The van der Waals surface area contributed by atoms with E-state index in [0.717, 1.165) is 25.4 Å². The third-order valence-electron chi connectivity index (χ3n) is 9.12. The van der Waals surface area contributed by atoms with E-state index in [-0.39, 0.29) is 5.60 Å². The van der Waals surface area contributed by atoms with Gasteiger partial charge in [0.1, 0.15) is 5.75 Å². The molecular weight excluding hydrogens is 420 g/mol. The van der Waals surface area contributed by atoms with Crippen LogP contribution in [0.15, 0.2) is 48.5 Å². The number of hydrogen-bond donors (Lipinski definition) is 0. The first kappa shape index (κ1) is 22.6. The molecule has 0 amide bonds. The van der Waals surface area contributed by atoms with Crippen LogP contribution < -0.4 is 4.74 Å². The number of likely N-dealkylation sites (tertiary alicyclic amines) is 2. The van der Waals surface area contributed by atoms with Gasteiger partial charge in [0.15, 0.2) is 0 Å². The van der Waals surface area contributed by atoms with Gasteiger partial charge in [0.2, 0.25) is 0 Å². The van der Waals surface area contributed by atoms with Crippen LogP contribution in [0.25, 0.3) is 0 Å². The molecule has 4 aliphatic heterocycles. The van der Waals surface area contributed by atoms with E-state index in [4.69, 9.17) is 9.47 Å². The molecule has 2 fully saturated rings. The van der Waals surface area contributed by atoms with E-state index in [2.05, 4.69) is 58.3 Å². The second-order valence-electron chi connectivity index (χ2n) is 11.4. The van der Waals surface area contributed by atoms with E-state index in [1.54, 1.807) is 0 Å². The molecule has 4 heterocycles. The molecule has 0 saturated carbocycles. The Balaban J connectivity index is 0.894. The van der Waals surface area contributed by atoms with Crippen molar-refractivity contribution < 1.29 is 9.47 Å². The highest BCUT2D eigenvalue weighted by Gasteiger charge is 2.39. The van der Waals surface area contributed by atoms with Crippen molar-refractivity contribution >= 4 is 0 Å². The molecule has 2 spiro atoms. The van der Waals surface area contributed by atoms with Gasteiger partial charge in [-0.2, -0.15) is 0 Å². The molecule has 0 N–H and O–H groups in total. The van der Waals surface area contributed by atoms with Crippen LogP contribution in [-0.2, 0) is 24.2 Å². The predicted molar refractivity (Wildman–Crippen MR) is 136 cm³/mol. The largest absolute Gasteiger partial charge is 0.493 e. The molecular formula is C30H40N2O2. The summed E-state index contributed by atoms with van der Waals surface area (Å²) in [6, 6.07) is 17.5. The Kier molecular flexibility index (Phi) is 6.40. The number of piperidine rings is 2. The van der Waals surface area contributed by atoms with Gasteiger partial charge in [-0.3, -0.25) is 0 Å². The topological polar surface area (TPSA) is 24.9 Å². The molecule has 4 aliphatic rings. The Bertz CT molecular complexity index is 894. The molecule has 0 unspecified atom stereocenters. The minimum absolute atomic E-state index is 0.0952. The Morgan fingerprint density at radius 2 is 1.29 bits per heavy atom. The fraction of sp³-hybridized carbons (Fsp3) is 0.600. The van der Waals surface area contributed by atoms with Crippen molar-refractivity contribution in [3.8, 4) is 5.75 Å². The zero-order valence-corrected chi connectivity index (χ0v) is 20.6. The van der Waals surface area contributed by atoms with Crippen LogP contribution in [0.2, 0.25) is 0 Å². The summed E-state index contributed by atoms with van der Waals surface area (Å²) in [6.07, 6.45) is 9.85. The van der Waals surface area contributed by atoms with Crippen molar-refractivity contribution in [2.45, 2.75) is 63.6 Å². The molecule has 0 radical (unpaired) electrons. The third kappa shape index (κ3) is 4.78. The molecule has 2 aromatic carbocycles. The number of ether oxygens (including phenoxy) is 2. The lowest BCUT2D eigenvalue weighted by atomic mass is 9.73. The van der Waals surface area contributed by atoms with E-state index in [9.17, 15) is 0 Å². The van der Waals surface area contributed by atoms with Crippen molar-refractivity contribution in [1.29, 1.82) is 0 Å². The van der Waals surface area contributed by atoms with E-state index in [0.29, 0.717) is 5.41 Å². The second kappa shape index (κ2) is 9.64. The Morgan fingerprint density at radius 3 is 2.03 bits per heavy atom.